The second-order valence-corrected chi connectivity index (χ2v) is 12.7. The van der Waals surface area contributed by atoms with E-state index in [1.807, 2.05) is 0 Å². The number of rotatable bonds is 6. The Balaban J connectivity index is 1.19. The highest BCUT2D eigenvalue weighted by Crippen LogP contribution is 2.56. The molecule has 218 valence electrons. The summed E-state index contributed by atoms with van der Waals surface area (Å²) < 4.78 is 0. The predicted molar refractivity (Wildman–Crippen MR) is 196 cm³/mol. The average Bonchev–Trinajstić information content (AvgIpc) is 3.10. The molecule has 0 aliphatic carbocycles. The smallest absolute Gasteiger partial charge is 0.0533 e. The van der Waals surface area contributed by atoms with Gasteiger partial charge in [0.25, 0.3) is 0 Å². The number of benzene rings is 6. The van der Waals surface area contributed by atoms with Crippen molar-refractivity contribution in [2.45, 2.75) is 19.3 Å². The van der Waals surface area contributed by atoms with Crippen LogP contribution in [0.3, 0.4) is 0 Å². The average molecular weight is 588 g/mol. The lowest BCUT2D eigenvalue weighted by Crippen LogP contribution is -2.30. The maximum Gasteiger partial charge on any atom is 0.0533 e. The normalized spacial score (nSPS) is 14.0. The fourth-order valence-electron chi connectivity index (χ4n) is 7.54. The van der Waals surface area contributed by atoms with Crippen LogP contribution in [-0.4, -0.2) is 0 Å². The predicted octanol–water partition coefficient (Wildman–Crippen LogP) is 11.4. The van der Waals surface area contributed by atoms with Crippen LogP contribution in [0.15, 0.2) is 127 Å². The fourth-order valence-corrected chi connectivity index (χ4v) is 7.54. The van der Waals surface area contributed by atoms with Crippen LogP contribution < -0.4 is 4.90 Å². The fraction of sp³-hybridized carbons (Fsp3) is 0.0667. The number of nitrogens with zero attached hydrogens (tertiary/aromatic N) is 1. The summed E-state index contributed by atoms with van der Waals surface area (Å²) >= 11 is 0. The van der Waals surface area contributed by atoms with Gasteiger partial charge < -0.3 is 4.90 Å². The minimum absolute atomic E-state index is 0.948. The van der Waals surface area contributed by atoms with Gasteiger partial charge in [0.05, 0.1) is 17.1 Å². The zero-order valence-corrected chi connectivity index (χ0v) is 25.7. The van der Waals surface area contributed by atoms with Crippen LogP contribution in [0.4, 0.5) is 17.1 Å². The van der Waals surface area contributed by atoms with E-state index >= 15 is 0 Å². The van der Waals surface area contributed by atoms with Crippen LogP contribution in [0.5, 0.6) is 0 Å². The van der Waals surface area contributed by atoms with E-state index in [0.717, 1.165) is 19.3 Å². The SMILES string of the molecule is C(=C\c1cc2c3c(c1)Cc1cc(/C=C/c4ccccc4)cc4c1N3c1c(cc(/C=C/c3ccccc3)cc1C4)C2)/c1ccccc1. The molecule has 0 N–H and O–H groups in total. The Morgan fingerprint density at radius 1 is 0.304 bits per heavy atom. The first kappa shape index (κ1) is 26.7. The van der Waals surface area contributed by atoms with Crippen molar-refractivity contribution < 1.29 is 0 Å². The highest BCUT2D eigenvalue weighted by molar-refractivity contribution is 5.96. The van der Waals surface area contributed by atoms with Crippen LogP contribution >= 0.6 is 0 Å². The Labute approximate surface area is 271 Å². The van der Waals surface area contributed by atoms with Crippen LogP contribution in [0.1, 0.15) is 66.8 Å². The highest BCUT2D eigenvalue weighted by Gasteiger charge is 2.37. The minimum Gasteiger partial charge on any atom is -0.309 e. The molecule has 0 aromatic heterocycles. The van der Waals surface area contributed by atoms with Crippen molar-refractivity contribution in [2.75, 3.05) is 4.90 Å². The first-order valence-electron chi connectivity index (χ1n) is 16.2. The maximum absolute atomic E-state index is 2.62. The Bertz CT molecular complexity index is 1880. The van der Waals surface area contributed by atoms with E-state index < -0.39 is 0 Å². The van der Waals surface area contributed by atoms with Crippen molar-refractivity contribution >= 4 is 53.5 Å². The first-order valence-corrected chi connectivity index (χ1v) is 16.2. The Kier molecular flexibility index (Phi) is 6.42. The Hall–Kier alpha value is -5.66. The molecule has 0 atom stereocenters. The summed E-state index contributed by atoms with van der Waals surface area (Å²) in [4.78, 5) is 2.62. The summed E-state index contributed by atoms with van der Waals surface area (Å²) in [6, 6.07) is 46.3. The van der Waals surface area contributed by atoms with E-state index in [4.69, 9.17) is 0 Å². The molecule has 0 radical (unpaired) electrons. The van der Waals surface area contributed by atoms with Gasteiger partial charge >= 0.3 is 0 Å². The van der Waals surface area contributed by atoms with Gasteiger partial charge in [0.1, 0.15) is 0 Å². The molecule has 6 aromatic rings. The second kappa shape index (κ2) is 11.1. The molecule has 6 aromatic carbocycles. The number of hydrogen-bond acceptors (Lipinski definition) is 1. The van der Waals surface area contributed by atoms with Gasteiger partial charge in [0.2, 0.25) is 0 Å². The van der Waals surface area contributed by atoms with Crippen LogP contribution in [0.25, 0.3) is 36.5 Å². The monoisotopic (exact) mass is 587 g/mol. The van der Waals surface area contributed by atoms with E-state index in [-0.39, 0.29) is 0 Å². The second-order valence-electron chi connectivity index (χ2n) is 12.7. The first-order chi connectivity index (χ1) is 22.7. The Morgan fingerprint density at radius 3 is 0.804 bits per heavy atom. The van der Waals surface area contributed by atoms with Crippen molar-refractivity contribution in [2.24, 2.45) is 0 Å². The Morgan fingerprint density at radius 2 is 0.543 bits per heavy atom. The molecule has 0 saturated heterocycles. The van der Waals surface area contributed by atoms with E-state index in [1.165, 1.54) is 83.8 Å². The molecule has 3 heterocycles. The van der Waals surface area contributed by atoms with E-state index in [0.29, 0.717) is 0 Å². The van der Waals surface area contributed by atoms with Gasteiger partial charge in [-0.05, 0) is 103 Å². The number of anilines is 3. The molecule has 1 heteroatoms. The molecular formula is C45H33N. The van der Waals surface area contributed by atoms with Gasteiger partial charge in [-0.25, -0.2) is 0 Å². The summed E-state index contributed by atoms with van der Waals surface area (Å²) in [7, 11) is 0. The topological polar surface area (TPSA) is 3.24 Å². The molecule has 0 bridgehead atoms. The molecule has 0 fully saturated rings. The summed E-state index contributed by atoms with van der Waals surface area (Å²) in [5, 5.41) is 0. The quantitative estimate of drug-likeness (QED) is 0.175. The van der Waals surface area contributed by atoms with Crippen LogP contribution in [0, 0.1) is 0 Å². The molecule has 0 unspecified atom stereocenters. The maximum atomic E-state index is 2.62. The molecule has 0 saturated carbocycles. The van der Waals surface area contributed by atoms with Crippen LogP contribution in [-0.2, 0) is 19.3 Å². The van der Waals surface area contributed by atoms with Crippen molar-refractivity contribution in [1.29, 1.82) is 0 Å². The van der Waals surface area contributed by atoms with Crippen LogP contribution in [0.2, 0.25) is 0 Å². The van der Waals surface area contributed by atoms with Gasteiger partial charge in [0.15, 0.2) is 0 Å². The highest BCUT2D eigenvalue weighted by atomic mass is 15.2. The molecule has 0 amide bonds. The number of hydrogen-bond donors (Lipinski definition) is 0. The van der Waals surface area contributed by atoms with E-state index in [1.54, 1.807) is 0 Å². The largest absolute Gasteiger partial charge is 0.309 e. The molecule has 3 aliphatic rings. The third-order valence-electron chi connectivity index (χ3n) is 9.49. The molecule has 3 aliphatic heterocycles. The molecule has 9 rings (SSSR count). The lowest BCUT2D eigenvalue weighted by Gasteiger charge is -2.44. The van der Waals surface area contributed by atoms with Gasteiger partial charge in [-0.2, -0.15) is 0 Å². The van der Waals surface area contributed by atoms with Crippen molar-refractivity contribution in [3.63, 3.8) is 0 Å². The van der Waals surface area contributed by atoms with Gasteiger partial charge in [-0.15, -0.1) is 0 Å². The van der Waals surface area contributed by atoms with Crippen molar-refractivity contribution in [3.05, 3.63) is 194 Å². The van der Waals surface area contributed by atoms with E-state index in [2.05, 4.69) is 169 Å². The summed E-state index contributed by atoms with van der Waals surface area (Å²) in [6.07, 6.45) is 16.4. The van der Waals surface area contributed by atoms with Crippen molar-refractivity contribution in [3.8, 4) is 0 Å². The molecule has 46 heavy (non-hydrogen) atoms. The van der Waals surface area contributed by atoms with Crippen molar-refractivity contribution in [1.82, 2.24) is 0 Å². The standard InChI is InChI=1S/C45H33N/c1-4-10-31(11-5-1)16-19-34-22-37-28-39-24-35(20-17-32-12-6-2-7-13-32)26-41-30-42-27-36(21-18-33-14-8-3-9-15-33)25-40-29-38(23-34)43(37)46(44(39)41)45(40)42/h1-27H,28-30H2/b19-16+,20-17+,21-18+. The third-order valence-corrected chi connectivity index (χ3v) is 9.49. The minimum atomic E-state index is 0.948. The molecule has 0 spiro atoms. The molecular weight excluding hydrogens is 555 g/mol. The summed E-state index contributed by atoms with van der Waals surface area (Å²) in [5.74, 6) is 0. The van der Waals surface area contributed by atoms with E-state index in [9.17, 15) is 0 Å². The molecule has 1 nitrogen and oxygen atoms in total. The van der Waals surface area contributed by atoms with Gasteiger partial charge in [-0.3, -0.25) is 0 Å². The summed E-state index contributed by atoms with van der Waals surface area (Å²) in [5.41, 5.74) is 20.2. The third kappa shape index (κ3) is 4.82. The van der Waals surface area contributed by atoms with Gasteiger partial charge in [0, 0.05) is 19.3 Å². The summed E-state index contributed by atoms with van der Waals surface area (Å²) in [6.45, 7) is 0. The van der Waals surface area contributed by atoms with Gasteiger partial charge in [-0.1, -0.05) is 127 Å². The zero-order valence-electron chi connectivity index (χ0n) is 25.7. The lowest BCUT2D eigenvalue weighted by atomic mass is 9.78. The lowest BCUT2D eigenvalue weighted by molar-refractivity contribution is 0.954. The zero-order chi connectivity index (χ0) is 30.5.